The predicted molar refractivity (Wildman–Crippen MR) is 147 cm³/mol. The maximum atomic E-state index is 13.7. The molecule has 0 spiro atoms. The van der Waals surface area contributed by atoms with E-state index >= 15 is 0 Å². The van der Waals surface area contributed by atoms with Crippen LogP contribution in [0.2, 0.25) is 10.0 Å². The monoisotopic (exact) mass is 563 g/mol. The van der Waals surface area contributed by atoms with Gasteiger partial charge in [0.05, 0.1) is 10.0 Å². The number of nitrogens with one attached hydrogen (secondary N) is 1. The number of nitrogens with zero attached hydrogens (tertiary/aromatic N) is 2. The Labute approximate surface area is 233 Å². The van der Waals surface area contributed by atoms with Crippen LogP contribution in [0.15, 0.2) is 42.5 Å². The molecule has 2 unspecified atom stereocenters. The summed E-state index contributed by atoms with van der Waals surface area (Å²) in [7, 11) is 0. The zero-order valence-corrected chi connectivity index (χ0v) is 23.4. The van der Waals surface area contributed by atoms with E-state index in [0.717, 1.165) is 11.1 Å². The van der Waals surface area contributed by atoms with Crippen molar-refractivity contribution < 1.29 is 14.4 Å². The average Bonchev–Trinajstić information content (AvgIpc) is 2.90. The van der Waals surface area contributed by atoms with Gasteiger partial charge in [-0.15, -0.1) is 11.6 Å². The molecule has 3 amide bonds. The normalized spacial score (nSPS) is 21.4. The number of carbonyl (C=O) groups excluding carboxylic acids is 3. The first-order chi connectivity index (χ1) is 17.6. The number of likely N-dealkylation sites (tertiary alicyclic amines) is 2. The summed E-state index contributed by atoms with van der Waals surface area (Å²) in [6.45, 7) is 5.74. The van der Waals surface area contributed by atoms with Crippen molar-refractivity contribution in [1.82, 2.24) is 15.1 Å². The third-order valence-corrected chi connectivity index (χ3v) is 8.84. The van der Waals surface area contributed by atoms with E-state index < -0.39 is 5.41 Å². The van der Waals surface area contributed by atoms with Gasteiger partial charge in [-0.3, -0.25) is 14.4 Å². The van der Waals surface area contributed by atoms with E-state index in [1.807, 2.05) is 36.1 Å². The molecular formula is C28H32Cl3N3O3. The molecule has 0 aromatic heterocycles. The van der Waals surface area contributed by atoms with Crippen LogP contribution in [0.1, 0.15) is 60.5 Å². The Hall–Kier alpha value is -2.28. The highest BCUT2D eigenvalue weighted by molar-refractivity contribution is 6.42. The van der Waals surface area contributed by atoms with Gasteiger partial charge in [-0.2, -0.15) is 0 Å². The van der Waals surface area contributed by atoms with E-state index in [4.69, 9.17) is 34.8 Å². The van der Waals surface area contributed by atoms with Crippen LogP contribution in [0.3, 0.4) is 0 Å². The van der Waals surface area contributed by atoms with Crippen LogP contribution < -0.4 is 5.32 Å². The molecule has 2 heterocycles. The van der Waals surface area contributed by atoms with Gasteiger partial charge in [0.2, 0.25) is 11.8 Å². The van der Waals surface area contributed by atoms with Crippen LogP contribution >= 0.6 is 34.8 Å². The number of alkyl halides is 1. The topological polar surface area (TPSA) is 69.7 Å². The van der Waals surface area contributed by atoms with Crippen LogP contribution in [0.25, 0.3) is 0 Å². The molecule has 0 bridgehead atoms. The number of rotatable bonds is 5. The molecule has 2 fully saturated rings. The fourth-order valence-electron chi connectivity index (χ4n) is 5.30. The number of amides is 3. The molecule has 1 N–H and O–H groups in total. The highest BCUT2D eigenvalue weighted by Gasteiger charge is 2.43. The van der Waals surface area contributed by atoms with E-state index in [1.165, 1.54) is 0 Å². The summed E-state index contributed by atoms with van der Waals surface area (Å²) in [5, 5.41) is 4.09. The van der Waals surface area contributed by atoms with Gasteiger partial charge in [0.25, 0.3) is 5.91 Å². The summed E-state index contributed by atoms with van der Waals surface area (Å²) in [5.41, 5.74) is 1.91. The summed E-state index contributed by atoms with van der Waals surface area (Å²) in [5.74, 6) is 0.212. The highest BCUT2D eigenvalue weighted by atomic mass is 35.5. The molecule has 6 nitrogen and oxygen atoms in total. The highest BCUT2D eigenvalue weighted by Crippen LogP contribution is 2.37. The van der Waals surface area contributed by atoms with Crippen LogP contribution in [-0.4, -0.2) is 59.7 Å². The van der Waals surface area contributed by atoms with Gasteiger partial charge in [0, 0.05) is 61.9 Å². The number of carbonyl (C=O) groups is 3. The lowest BCUT2D eigenvalue weighted by atomic mass is 9.77. The van der Waals surface area contributed by atoms with Crippen molar-refractivity contribution >= 4 is 52.5 Å². The van der Waals surface area contributed by atoms with E-state index in [0.29, 0.717) is 66.9 Å². The standard InChI is InChI=1S/C28H32Cl3N3O3/c1-18(35)33-13-10-28(2,11-14-33)27(37)34-12-9-25(22(17-34)21-7-8-23(30)24(31)15-21)32-26(36)20-5-3-19(16-29)4-6-20/h3-8,15,22,25H,9-14,16-17H2,1-2H3,(H,32,36). The number of piperidine rings is 2. The second-order valence-electron chi connectivity index (χ2n) is 10.3. The van der Waals surface area contributed by atoms with E-state index in [2.05, 4.69) is 5.32 Å². The molecule has 0 radical (unpaired) electrons. The largest absolute Gasteiger partial charge is 0.349 e. The quantitative estimate of drug-likeness (QED) is 0.488. The Morgan fingerprint density at radius 1 is 0.973 bits per heavy atom. The molecule has 2 aliphatic rings. The van der Waals surface area contributed by atoms with Crippen molar-refractivity contribution in [2.75, 3.05) is 26.2 Å². The molecule has 9 heteroatoms. The van der Waals surface area contributed by atoms with Crippen LogP contribution in [0, 0.1) is 5.41 Å². The second kappa shape index (κ2) is 11.6. The molecule has 2 aliphatic heterocycles. The minimum atomic E-state index is -0.519. The van der Waals surface area contributed by atoms with Crippen molar-refractivity contribution in [3.8, 4) is 0 Å². The first-order valence-electron chi connectivity index (χ1n) is 12.6. The second-order valence-corrected chi connectivity index (χ2v) is 11.4. The third-order valence-electron chi connectivity index (χ3n) is 7.79. The Bertz CT molecular complexity index is 1160. The van der Waals surface area contributed by atoms with Crippen LogP contribution in [0.5, 0.6) is 0 Å². The summed E-state index contributed by atoms with van der Waals surface area (Å²) < 4.78 is 0. The maximum absolute atomic E-state index is 13.7. The van der Waals surface area contributed by atoms with Crippen molar-refractivity contribution in [2.45, 2.75) is 50.9 Å². The predicted octanol–water partition coefficient (Wildman–Crippen LogP) is 5.50. The van der Waals surface area contributed by atoms with Gasteiger partial charge in [0.1, 0.15) is 0 Å². The van der Waals surface area contributed by atoms with Gasteiger partial charge in [-0.25, -0.2) is 0 Å². The minimum Gasteiger partial charge on any atom is -0.349 e. The zero-order chi connectivity index (χ0) is 26.7. The lowest BCUT2D eigenvalue weighted by Gasteiger charge is -2.45. The molecule has 2 saturated heterocycles. The molecule has 198 valence electrons. The first-order valence-corrected chi connectivity index (χ1v) is 13.9. The lowest BCUT2D eigenvalue weighted by molar-refractivity contribution is -0.148. The van der Waals surface area contributed by atoms with Gasteiger partial charge in [-0.1, -0.05) is 48.3 Å². The van der Waals surface area contributed by atoms with Gasteiger partial charge in [-0.05, 0) is 54.7 Å². The smallest absolute Gasteiger partial charge is 0.251 e. The molecule has 4 rings (SSSR count). The van der Waals surface area contributed by atoms with Crippen molar-refractivity contribution in [3.05, 3.63) is 69.2 Å². The fourth-order valence-corrected chi connectivity index (χ4v) is 5.78. The molecular weight excluding hydrogens is 533 g/mol. The molecule has 0 aliphatic carbocycles. The zero-order valence-electron chi connectivity index (χ0n) is 21.1. The van der Waals surface area contributed by atoms with Crippen molar-refractivity contribution in [2.24, 2.45) is 5.41 Å². The van der Waals surface area contributed by atoms with Gasteiger partial charge >= 0.3 is 0 Å². The Morgan fingerprint density at radius 3 is 2.24 bits per heavy atom. The number of hydrogen-bond acceptors (Lipinski definition) is 3. The molecule has 2 aromatic carbocycles. The number of hydrogen-bond donors (Lipinski definition) is 1. The summed E-state index contributed by atoms with van der Waals surface area (Å²) in [6.07, 6.45) is 1.88. The van der Waals surface area contributed by atoms with Crippen LogP contribution in [-0.2, 0) is 15.5 Å². The fraction of sp³-hybridized carbons (Fsp3) is 0.464. The Morgan fingerprint density at radius 2 is 1.65 bits per heavy atom. The van der Waals surface area contributed by atoms with E-state index in [-0.39, 0.29) is 29.7 Å². The Balaban J connectivity index is 1.53. The van der Waals surface area contributed by atoms with Gasteiger partial charge < -0.3 is 15.1 Å². The van der Waals surface area contributed by atoms with Gasteiger partial charge in [0.15, 0.2) is 0 Å². The third kappa shape index (κ3) is 6.24. The number of halogens is 3. The van der Waals surface area contributed by atoms with E-state index in [1.54, 1.807) is 30.0 Å². The molecule has 37 heavy (non-hydrogen) atoms. The van der Waals surface area contributed by atoms with E-state index in [9.17, 15) is 14.4 Å². The van der Waals surface area contributed by atoms with Crippen molar-refractivity contribution in [1.29, 1.82) is 0 Å². The maximum Gasteiger partial charge on any atom is 0.251 e. The molecule has 0 saturated carbocycles. The minimum absolute atomic E-state index is 0.0445. The summed E-state index contributed by atoms with van der Waals surface area (Å²) in [4.78, 5) is 42.3. The summed E-state index contributed by atoms with van der Waals surface area (Å²) >= 11 is 18.4. The lowest BCUT2D eigenvalue weighted by Crippen LogP contribution is -2.55. The SMILES string of the molecule is CC(=O)N1CCC(C)(C(=O)N2CCC(NC(=O)c3ccc(CCl)cc3)C(c3ccc(Cl)c(Cl)c3)C2)CC1. The molecule has 2 aromatic rings. The first kappa shape index (κ1) is 27.7. The average molecular weight is 565 g/mol. The summed E-state index contributed by atoms with van der Waals surface area (Å²) in [6, 6.07) is 12.5. The number of benzene rings is 2. The van der Waals surface area contributed by atoms with Crippen LogP contribution in [0.4, 0.5) is 0 Å². The molecule has 2 atom stereocenters. The Kier molecular flexibility index (Phi) is 8.72. The van der Waals surface area contributed by atoms with Crippen molar-refractivity contribution in [3.63, 3.8) is 0 Å².